The zero-order chi connectivity index (χ0) is 27.6. The van der Waals surface area contributed by atoms with Gasteiger partial charge in [0.15, 0.2) is 0 Å². The minimum absolute atomic E-state index is 0.699. The smallest absolute Gasteiger partial charge is 0.364 e. The van der Waals surface area contributed by atoms with Crippen LogP contribution in [0.15, 0.2) is 0 Å². The van der Waals surface area contributed by atoms with Crippen LogP contribution in [0, 0.1) is 0 Å². The van der Waals surface area contributed by atoms with Crippen LogP contribution in [0.3, 0.4) is 0 Å². The Morgan fingerprint density at radius 2 is 1.72 bits per heavy atom. The van der Waals surface area contributed by atoms with Crippen molar-refractivity contribution in [3.05, 3.63) is 0 Å². The average Bonchev–Trinajstić information content (AvgIpc) is 2.79. The lowest BCUT2D eigenvalue weighted by Crippen LogP contribution is -2.73. The van der Waals surface area contributed by atoms with Gasteiger partial charge in [0.1, 0.15) is 36.6 Å². The van der Waals surface area contributed by atoms with Gasteiger partial charge < -0.3 is 70.8 Å². The Morgan fingerprint density at radius 1 is 1.11 bits per heavy atom. The molecule has 2 fully saturated rings. The summed E-state index contributed by atoms with van der Waals surface area (Å²) in [5, 5.41) is 94.8. The van der Waals surface area contributed by atoms with E-state index in [1.807, 2.05) is 5.32 Å². The molecule has 0 bridgehead atoms. The third-order valence-electron chi connectivity index (χ3n) is 5.88. The average molecular weight is 528 g/mol. The summed E-state index contributed by atoms with van der Waals surface area (Å²) in [6.45, 7) is 0.0868. The molecule has 2 heterocycles. The number of hydrogen-bond donors (Lipinski definition) is 11. The first-order valence-electron chi connectivity index (χ1n) is 10.8. The highest BCUT2D eigenvalue weighted by molar-refractivity contribution is 5.76. The molecule has 0 saturated carbocycles. The second kappa shape index (κ2) is 11.6. The Kier molecular flexibility index (Phi) is 9.70. The fraction of sp³-hybridized carbons (Fsp3) is 0.842. The fourth-order valence-corrected chi connectivity index (χ4v) is 4.01. The zero-order valence-corrected chi connectivity index (χ0v) is 19.3. The van der Waals surface area contributed by atoms with Gasteiger partial charge in [0.2, 0.25) is 23.8 Å². The predicted octanol–water partition coefficient (Wildman–Crippen LogP) is -6.58. The van der Waals surface area contributed by atoms with Crippen molar-refractivity contribution in [1.82, 2.24) is 10.6 Å². The first-order valence-corrected chi connectivity index (χ1v) is 10.8. The molecule has 11 N–H and O–H groups in total. The molecule has 17 nitrogen and oxygen atoms in total. The molecule has 2 aliphatic heterocycles. The van der Waals surface area contributed by atoms with Gasteiger partial charge in [-0.2, -0.15) is 0 Å². The quantitative estimate of drug-likeness (QED) is 0.124. The van der Waals surface area contributed by atoms with Gasteiger partial charge in [-0.05, 0) is 0 Å². The van der Waals surface area contributed by atoms with E-state index in [-0.39, 0.29) is 0 Å². The van der Waals surface area contributed by atoms with E-state index in [4.69, 9.17) is 19.3 Å². The Bertz CT molecular complexity index is 816. The highest BCUT2D eigenvalue weighted by Gasteiger charge is 2.58. The summed E-state index contributed by atoms with van der Waals surface area (Å²) < 4.78 is 15.7. The van der Waals surface area contributed by atoms with Crippen LogP contribution in [0.1, 0.15) is 20.3 Å². The predicted molar refractivity (Wildman–Crippen MR) is 110 cm³/mol. The van der Waals surface area contributed by atoms with Gasteiger partial charge in [0, 0.05) is 20.3 Å². The van der Waals surface area contributed by atoms with Crippen molar-refractivity contribution in [2.24, 2.45) is 0 Å². The Balaban J connectivity index is 2.28. The van der Waals surface area contributed by atoms with Crippen molar-refractivity contribution < 1.29 is 74.6 Å². The molecule has 2 rings (SSSR count). The van der Waals surface area contributed by atoms with Gasteiger partial charge >= 0.3 is 5.97 Å². The zero-order valence-electron chi connectivity index (χ0n) is 19.3. The molecular weight excluding hydrogens is 496 g/mol. The van der Waals surface area contributed by atoms with Crippen LogP contribution < -0.4 is 10.6 Å². The maximum absolute atomic E-state index is 12.1. The summed E-state index contributed by atoms with van der Waals surface area (Å²) in [5.74, 6) is -6.21. The number of aliphatic carboxylic acids is 1. The van der Waals surface area contributed by atoms with Crippen molar-refractivity contribution in [3.8, 4) is 0 Å². The van der Waals surface area contributed by atoms with Crippen LogP contribution in [0.4, 0.5) is 0 Å². The largest absolute Gasteiger partial charge is 0.477 e. The molecular formula is C19H32N2O15. The minimum Gasteiger partial charge on any atom is -0.477 e. The SMILES string of the molecule is CC(=O)N[C@H]1[C@H]([C@H](O)[C@H](O)CO)O[C@@](OC[C@H]2OC(O)[C@@](O)(NC(C)=O)[C@@H](O)[C@H]2O)(C(=O)O)C[C@@H]1O. The summed E-state index contributed by atoms with van der Waals surface area (Å²) in [7, 11) is 0. The van der Waals surface area contributed by atoms with Gasteiger partial charge in [-0.1, -0.05) is 0 Å². The number of aliphatic hydroxyl groups excluding tert-OH is 7. The topological polar surface area (TPSA) is 285 Å². The van der Waals surface area contributed by atoms with Crippen LogP contribution in [-0.4, -0.2) is 144 Å². The summed E-state index contributed by atoms with van der Waals surface area (Å²) >= 11 is 0. The van der Waals surface area contributed by atoms with Crippen LogP contribution >= 0.6 is 0 Å². The van der Waals surface area contributed by atoms with Crippen LogP contribution in [0.2, 0.25) is 0 Å². The number of ether oxygens (including phenoxy) is 3. The van der Waals surface area contributed by atoms with Crippen LogP contribution in [0.25, 0.3) is 0 Å². The van der Waals surface area contributed by atoms with E-state index in [0.717, 1.165) is 13.8 Å². The monoisotopic (exact) mass is 528 g/mol. The van der Waals surface area contributed by atoms with E-state index in [0.29, 0.717) is 0 Å². The maximum atomic E-state index is 12.1. The third kappa shape index (κ3) is 6.09. The first-order chi connectivity index (χ1) is 16.6. The van der Waals surface area contributed by atoms with Crippen molar-refractivity contribution in [3.63, 3.8) is 0 Å². The number of nitrogens with one attached hydrogen (secondary N) is 2. The number of carbonyl (C=O) groups excluding carboxylic acids is 2. The van der Waals surface area contributed by atoms with Crippen molar-refractivity contribution in [2.75, 3.05) is 13.2 Å². The third-order valence-corrected chi connectivity index (χ3v) is 5.88. The second-order valence-electron chi connectivity index (χ2n) is 8.66. The molecule has 36 heavy (non-hydrogen) atoms. The molecule has 0 aromatic carbocycles. The summed E-state index contributed by atoms with van der Waals surface area (Å²) in [6.07, 6.45) is -16.6. The van der Waals surface area contributed by atoms with E-state index >= 15 is 0 Å². The summed E-state index contributed by atoms with van der Waals surface area (Å²) in [6, 6.07) is -1.44. The fourth-order valence-electron chi connectivity index (χ4n) is 4.01. The normalized spacial score (nSPS) is 40.7. The number of hydrogen-bond acceptors (Lipinski definition) is 14. The molecule has 0 aromatic rings. The van der Waals surface area contributed by atoms with Gasteiger partial charge in [-0.3, -0.25) is 9.59 Å². The summed E-state index contributed by atoms with van der Waals surface area (Å²) in [4.78, 5) is 35.0. The second-order valence-corrected chi connectivity index (χ2v) is 8.66. The number of aliphatic hydroxyl groups is 8. The van der Waals surface area contributed by atoms with Crippen molar-refractivity contribution in [1.29, 1.82) is 0 Å². The van der Waals surface area contributed by atoms with E-state index in [9.17, 15) is 55.2 Å². The molecule has 2 aliphatic rings. The number of carboxylic acid groups (broad SMARTS) is 1. The van der Waals surface area contributed by atoms with Crippen LogP contribution in [0.5, 0.6) is 0 Å². The molecule has 11 atom stereocenters. The lowest BCUT2D eigenvalue weighted by Gasteiger charge is -2.48. The lowest BCUT2D eigenvalue weighted by atomic mass is 9.88. The highest BCUT2D eigenvalue weighted by atomic mass is 16.7. The standard InChI is InChI=1S/C19H32N2O15/c1-6(23)20-11-8(25)3-18(16(30)31,36-14(11)12(27)9(26)4-22)34-5-10-13(28)15(29)19(33,17(32)35-10)21-7(2)24/h8-15,17,22,25-29,32-33H,3-5H2,1-2H3,(H,20,23)(H,21,24)(H,30,31)/t8-,9+,10+,11+,12+,13-,14+,15-,17?,18+,19+/m0/s1. The number of carboxylic acids is 1. The Hall–Kier alpha value is -2.03. The molecule has 0 aromatic heterocycles. The molecule has 0 spiro atoms. The maximum Gasteiger partial charge on any atom is 0.364 e. The Morgan fingerprint density at radius 3 is 2.22 bits per heavy atom. The van der Waals surface area contributed by atoms with E-state index < -0.39 is 104 Å². The van der Waals surface area contributed by atoms with Crippen molar-refractivity contribution >= 4 is 17.8 Å². The molecule has 208 valence electrons. The lowest BCUT2D eigenvalue weighted by molar-refractivity contribution is -0.355. The summed E-state index contributed by atoms with van der Waals surface area (Å²) in [5.41, 5.74) is -2.81. The highest BCUT2D eigenvalue weighted by Crippen LogP contribution is 2.35. The van der Waals surface area contributed by atoms with Crippen molar-refractivity contribution in [2.45, 2.75) is 86.8 Å². The molecule has 17 heteroatoms. The van der Waals surface area contributed by atoms with E-state index in [1.165, 1.54) is 0 Å². The minimum atomic E-state index is -2.81. The van der Waals surface area contributed by atoms with Gasteiger partial charge in [-0.25, -0.2) is 4.79 Å². The molecule has 0 aliphatic carbocycles. The van der Waals surface area contributed by atoms with E-state index in [2.05, 4.69) is 5.32 Å². The molecule has 0 radical (unpaired) electrons. The molecule has 2 saturated heterocycles. The Labute approximate surface area is 203 Å². The number of amides is 2. The number of carbonyl (C=O) groups is 3. The van der Waals surface area contributed by atoms with Crippen LogP contribution in [-0.2, 0) is 28.6 Å². The van der Waals surface area contributed by atoms with Gasteiger partial charge in [0.25, 0.3) is 5.79 Å². The molecule has 2 amide bonds. The molecule has 1 unspecified atom stereocenters. The number of rotatable bonds is 9. The van der Waals surface area contributed by atoms with E-state index in [1.54, 1.807) is 0 Å². The van der Waals surface area contributed by atoms with Gasteiger partial charge in [-0.15, -0.1) is 0 Å². The first kappa shape index (κ1) is 30.2. The van der Waals surface area contributed by atoms with Gasteiger partial charge in [0.05, 0.1) is 25.4 Å².